The van der Waals surface area contributed by atoms with E-state index in [-0.39, 0.29) is 23.9 Å². The van der Waals surface area contributed by atoms with Crippen molar-refractivity contribution in [2.24, 2.45) is 0 Å². The Morgan fingerprint density at radius 1 is 1.11 bits per heavy atom. The third-order valence-electron chi connectivity index (χ3n) is 3.78. The van der Waals surface area contributed by atoms with Gasteiger partial charge in [0, 0.05) is 12.1 Å². The minimum atomic E-state index is -0.496. The van der Waals surface area contributed by atoms with E-state index in [4.69, 9.17) is 18.7 Å². The number of nitro groups is 1. The van der Waals surface area contributed by atoms with Crippen molar-refractivity contribution in [1.29, 1.82) is 0 Å². The van der Waals surface area contributed by atoms with Crippen molar-refractivity contribution in [3.05, 3.63) is 58.0 Å². The van der Waals surface area contributed by atoms with E-state index in [1.807, 2.05) is 0 Å². The highest BCUT2D eigenvalue weighted by atomic mass is 16.6. The van der Waals surface area contributed by atoms with Crippen LogP contribution in [0.25, 0.3) is 11.4 Å². The number of aryl methyl sites for hydroxylation is 1. The van der Waals surface area contributed by atoms with Gasteiger partial charge in [0.15, 0.2) is 12.4 Å². The van der Waals surface area contributed by atoms with Crippen LogP contribution in [0.3, 0.4) is 0 Å². The molecule has 0 aliphatic carbocycles. The highest BCUT2D eigenvalue weighted by Crippen LogP contribution is 2.32. The van der Waals surface area contributed by atoms with Crippen LogP contribution < -0.4 is 14.2 Å². The van der Waals surface area contributed by atoms with Crippen LogP contribution in [-0.4, -0.2) is 29.3 Å². The number of rotatable bonds is 7. The van der Waals surface area contributed by atoms with Gasteiger partial charge >= 0.3 is 5.69 Å². The molecule has 0 bridgehead atoms. The molecular formula is C18H17N3O6. The molecule has 9 heteroatoms. The average molecular weight is 371 g/mol. The third-order valence-corrected chi connectivity index (χ3v) is 3.78. The molecule has 0 fully saturated rings. The van der Waals surface area contributed by atoms with Gasteiger partial charge in [0.1, 0.15) is 11.5 Å². The lowest BCUT2D eigenvalue weighted by molar-refractivity contribution is -0.386. The van der Waals surface area contributed by atoms with E-state index < -0.39 is 4.92 Å². The molecule has 27 heavy (non-hydrogen) atoms. The largest absolute Gasteiger partial charge is 0.497 e. The van der Waals surface area contributed by atoms with Crippen molar-refractivity contribution >= 4 is 5.69 Å². The molecule has 3 aromatic rings. The van der Waals surface area contributed by atoms with Crippen molar-refractivity contribution in [3.8, 4) is 28.6 Å². The summed E-state index contributed by atoms with van der Waals surface area (Å²) < 4.78 is 21.2. The fraction of sp³-hybridized carbons (Fsp3) is 0.222. The van der Waals surface area contributed by atoms with Gasteiger partial charge in [-0.2, -0.15) is 4.98 Å². The zero-order valence-electron chi connectivity index (χ0n) is 15.0. The quantitative estimate of drug-likeness (QED) is 0.458. The van der Waals surface area contributed by atoms with Crippen molar-refractivity contribution < 1.29 is 23.7 Å². The summed E-state index contributed by atoms with van der Waals surface area (Å²) in [5.41, 5.74) is 1.27. The van der Waals surface area contributed by atoms with Gasteiger partial charge in [0.25, 0.3) is 5.89 Å². The number of nitrogens with zero attached hydrogens (tertiary/aromatic N) is 3. The molecular weight excluding hydrogens is 354 g/mol. The molecule has 0 N–H and O–H groups in total. The number of ether oxygens (including phenoxy) is 3. The topological polar surface area (TPSA) is 110 Å². The van der Waals surface area contributed by atoms with E-state index in [2.05, 4.69) is 10.1 Å². The Bertz CT molecular complexity index is 969. The lowest BCUT2D eigenvalue weighted by Gasteiger charge is -2.07. The fourth-order valence-electron chi connectivity index (χ4n) is 2.44. The van der Waals surface area contributed by atoms with Crippen LogP contribution in [0.2, 0.25) is 0 Å². The zero-order chi connectivity index (χ0) is 19.4. The fourth-order valence-corrected chi connectivity index (χ4v) is 2.44. The maximum absolute atomic E-state index is 11.1. The number of hydrogen-bond donors (Lipinski definition) is 0. The monoisotopic (exact) mass is 371 g/mol. The Labute approximate surface area is 154 Å². The second kappa shape index (κ2) is 7.73. The molecule has 0 aliphatic rings. The Hall–Kier alpha value is -3.62. The minimum absolute atomic E-state index is 0.102. The van der Waals surface area contributed by atoms with E-state index in [0.717, 1.165) is 5.56 Å². The standard InChI is InChI=1S/C18H17N3O6/c1-11-4-7-15(14(8-11)21(22)23)26-10-17-19-18(20-27-17)13-6-5-12(24-2)9-16(13)25-3/h4-9H,10H2,1-3H3. The molecule has 3 rings (SSSR count). The molecule has 0 amide bonds. The number of benzene rings is 2. The molecule has 0 radical (unpaired) electrons. The van der Waals surface area contributed by atoms with Gasteiger partial charge in [-0.1, -0.05) is 11.2 Å². The minimum Gasteiger partial charge on any atom is -0.497 e. The Morgan fingerprint density at radius 2 is 1.93 bits per heavy atom. The van der Waals surface area contributed by atoms with E-state index in [0.29, 0.717) is 22.9 Å². The summed E-state index contributed by atoms with van der Waals surface area (Å²) >= 11 is 0. The lowest BCUT2D eigenvalue weighted by Crippen LogP contribution is -2.00. The third kappa shape index (κ3) is 3.97. The van der Waals surface area contributed by atoms with Crippen LogP contribution in [-0.2, 0) is 6.61 Å². The van der Waals surface area contributed by atoms with E-state index in [1.165, 1.54) is 19.2 Å². The SMILES string of the molecule is COc1ccc(-c2noc(COc3ccc(C)cc3[N+](=O)[O-])n2)c(OC)c1. The molecule has 0 saturated carbocycles. The second-order valence-corrected chi connectivity index (χ2v) is 5.59. The van der Waals surface area contributed by atoms with Gasteiger partial charge < -0.3 is 18.7 Å². The zero-order valence-corrected chi connectivity index (χ0v) is 15.0. The molecule has 2 aromatic carbocycles. The summed E-state index contributed by atoms with van der Waals surface area (Å²) in [6.07, 6.45) is 0. The maximum Gasteiger partial charge on any atom is 0.311 e. The molecule has 0 unspecified atom stereocenters. The molecule has 0 aliphatic heterocycles. The van der Waals surface area contributed by atoms with Crippen molar-refractivity contribution in [2.45, 2.75) is 13.5 Å². The molecule has 9 nitrogen and oxygen atoms in total. The number of aromatic nitrogens is 2. The smallest absolute Gasteiger partial charge is 0.311 e. The predicted molar refractivity (Wildman–Crippen MR) is 95.0 cm³/mol. The Kier molecular flexibility index (Phi) is 5.20. The van der Waals surface area contributed by atoms with Crippen LogP contribution in [0.1, 0.15) is 11.5 Å². The predicted octanol–water partition coefficient (Wildman–Crippen LogP) is 3.55. The van der Waals surface area contributed by atoms with E-state index >= 15 is 0 Å². The van der Waals surface area contributed by atoms with Crippen molar-refractivity contribution in [2.75, 3.05) is 14.2 Å². The molecule has 0 atom stereocenters. The number of nitro benzene ring substituents is 1. The van der Waals surface area contributed by atoms with Crippen LogP contribution in [0.15, 0.2) is 40.9 Å². The maximum atomic E-state index is 11.1. The molecule has 0 spiro atoms. The second-order valence-electron chi connectivity index (χ2n) is 5.59. The first-order valence-electron chi connectivity index (χ1n) is 7.94. The summed E-state index contributed by atoms with van der Waals surface area (Å²) in [6, 6.07) is 9.91. The lowest BCUT2D eigenvalue weighted by atomic mass is 10.2. The summed E-state index contributed by atoms with van der Waals surface area (Å²) in [7, 11) is 3.08. The van der Waals surface area contributed by atoms with Crippen molar-refractivity contribution in [1.82, 2.24) is 10.1 Å². The van der Waals surface area contributed by atoms with Gasteiger partial charge in [0.05, 0.1) is 24.7 Å². The van der Waals surface area contributed by atoms with Crippen molar-refractivity contribution in [3.63, 3.8) is 0 Å². The van der Waals surface area contributed by atoms with Crippen LogP contribution >= 0.6 is 0 Å². The number of methoxy groups -OCH3 is 2. The van der Waals surface area contributed by atoms with E-state index in [1.54, 1.807) is 38.3 Å². The van der Waals surface area contributed by atoms with Crippen LogP contribution in [0, 0.1) is 17.0 Å². The van der Waals surface area contributed by atoms with Gasteiger partial charge in [-0.3, -0.25) is 10.1 Å². The van der Waals surface area contributed by atoms with Crippen LogP contribution in [0.4, 0.5) is 5.69 Å². The molecule has 0 saturated heterocycles. The summed E-state index contributed by atoms with van der Waals surface area (Å²) in [6.45, 7) is 1.67. The van der Waals surface area contributed by atoms with Gasteiger partial charge in [0.2, 0.25) is 5.82 Å². The van der Waals surface area contributed by atoms with Gasteiger partial charge in [-0.05, 0) is 30.7 Å². The highest BCUT2D eigenvalue weighted by molar-refractivity contribution is 5.65. The summed E-state index contributed by atoms with van der Waals surface area (Å²) in [5, 5.41) is 15.1. The van der Waals surface area contributed by atoms with E-state index in [9.17, 15) is 10.1 Å². The highest BCUT2D eigenvalue weighted by Gasteiger charge is 2.18. The normalized spacial score (nSPS) is 10.5. The molecule has 140 valence electrons. The first-order chi connectivity index (χ1) is 13.0. The summed E-state index contributed by atoms with van der Waals surface area (Å²) in [4.78, 5) is 14.9. The van der Waals surface area contributed by atoms with Gasteiger partial charge in [-0.25, -0.2) is 0 Å². The first kappa shape index (κ1) is 18.2. The summed E-state index contributed by atoms with van der Waals surface area (Å²) in [5.74, 6) is 1.78. The van der Waals surface area contributed by atoms with Gasteiger partial charge in [-0.15, -0.1) is 0 Å². The Morgan fingerprint density at radius 3 is 2.63 bits per heavy atom. The number of hydrogen-bond acceptors (Lipinski definition) is 8. The molecule has 1 heterocycles. The Balaban J connectivity index is 1.79. The first-order valence-corrected chi connectivity index (χ1v) is 7.94. The molecule has 1 aromatic heterocycles. The van der Waals surface area contributed by atoms with Crippen LogP contribution in [0.5, 0.6) is 17.2 Å². The average Bonchev–Trinajstić information content (AvgIpc) is 3.15.